The predicted octanol–water partition coefficient (Wildman–Crippen LogP) is 5.79. The Bertz CT molecular complexity index is 1020. The van der Waals surface area contributed by atoms with Crippen molar-refractivity contribution in [3.05, 3.63) is 83.7 Å². The molecule has 7 heteroatoms. The number of hydrogen-bond donors (Lipinski definition) is 0. The smallest absolute Gasteiger partial charge is 0.492 e. The van der Waals surface area contributed by atoms with Crippen molar-refractivity contribution >= 4 is 0 Å². The highest BCUT2D eigenvalue weighted by atomic mass is 19.4. The van der Waals surface area contributed by atoms with E-state index in [1.807, 2.05) is 24.3 Å². The van der Waals surface area contributed by atoms with Crippen LogP contribution in [0, 0.1) is 5.82 Å². The van der Waals surface area contributed by atoms with E-state index in [4.69, 9.17) is 4.74 Å². The quantitative estimate of drug-likeness (QED) is 0.502. The van der Waals surface area contributed by atoms with E-state index in [9.17, 15) is 17.6 Å². The van der Waals surface area contributed by atoms with Gasteiger partial charge in [0.2, 0.25) is 0 Å². The third kappa shape index (κ3) is 4.91. The van der Waals surface area contributed by atoms with Crippen LogP contribution in [0.25, 0.3) is 11.1 Å². The van der Waals surface area contributed by atoms with E-state index < -0.39 is 6.36 Å². The Morgan fingerprint density at radius 1 is 0.933 bits per heavy atom. The highest BCUT2D eigenvalue weighted by molar-refractivity contribution is 5.66. The maximum Gasteiger partial charge on any atom is 0.573 e. The van der Waals surface area contributed by atoms with Gasteiger partial charge in [0.25, 0.3) is 0 Å². The third-order valence-corrected chi connectivity index (χ3v) is 4.89. The van der Waals surface area contributed by atoms with Gasteiger partial charge in [-0.1, -0.05) is 36.4 Å². The summed E-state index contributed by atoms with van der Waals surface area (Å²) in [6.07, 6.45) is -4.72. The largest absolute Gasteiger partial charge is 0.573 e. The van der Waals surface area contributed by atoms with E-state index in [0.29, 0.717) is 31.8 Å². The van der Waals surface area contributed by atoms with Crippen LogP contribution in [0.15, 0.2) is 66.7 Å². The van der Waals surface area contributed by atoms with Crippen LogP contribution in [0.1, 0.15) is 11.1 Å². The number of alkyl halides is 3. The van der Waals surface area contributed by atoms with Crippen molar-refractivity contribution in [3.8, 4) is 22.6 Å². The SMILES string of the molecule is Fc1ccccc1CN1CCOc2ccc(-c3ccc(OC(F)(F)F)cc3)cc2C1. The molecule has 0 aliphatic carbocycles. The topological polar surface area (TPSA) is 21.7 Å². The van der Waals surface area contributed by atoms with Crippen LogP contribution in [0.5, 0.6) is 11.5 Å². The minimum atomic E-state index is -4.72. The summed E-state index contributed by atoms with van der Waals surface area (Å²) >= 11 is 0. The number of benzene rings is 3. The Labute approximate surface area is 171 Å². The maximum absolute atomic E-state index is 14.0. The molecular formula is C23H19F4NO2. The first-order valence-electron chi connectivity index (χ1n) is 9.45. The molecule has 0 N–H and O–H groups in total. The number of halogens is 4. The average molecular weight is 417 g/mol. The van der Waals surface area contributed by atoms with Crippen LogP contribution >= 0.6 is 0 Å². The first-order valence-corrected chi connectivity index (χ1v) is 9.45. The van der Waals surface area contributed by atoms with E-state index in [1.54, 1.807) is 24.3 Å². The summed E-state index contributed by atoms with van der Waals surface area (Å²) in [5.74, 6) is 0.255. The summed E-state index contributed by atoms with van der Waals surface area (Å²) in [6, 6.07) is 18.1. The second-order valence-corrected chi connectivity index (χ2v) is 7.05. The minimum absolute atomic E-state index is 0.238. The molecule has 3 aromatic carbocycles. The molecule has 0 unspecified atom stereocenters. The lowest BCUT2D eigenvalue weighted by atomic mass is 10.0. The predicted molar refractivity (Wildman–Crippen MR) is 105 cm³/mol. The molecule has 1 aliphatic rings. The molecule has 0 atom stereocenters. The second kappa shape index (κ2) is 8.36. The Balaban J connectivity index is 1.54. The van der Waals surface area contributed by atoms with Gasteiger partial charge in [-0.3, -0.25) is 4.90 Å². The van der Waals surface area contributed by atoms with Crippen molar-refractivity contribution in [2.75, 3.05) is 13.2 Å². The van der Waals surface area contributed by atoms with Crippen LogP contribution in [0.4, 0.5) is 17.6 Å². The zero-order chi connectivity index (χ0) is 21.1. The summed E-state index contributed by atoms with van der Waals surface area (Å²) in [5, 5.41) is 0. The molecule has 0 aromatic heterocycles. The van der Waals surface area contributed by atoms with Crippen molar-refractivity contribution in [1.82, 2.24) is 4.90 Å². The van der Waals surface area contributed by atoms with Crippen LogP contribution in [-0.2, 0) is 13.1 Å². The Kier molecular flexibility index (Phi) is 5.63. The molecule has 0 fully saturated rings. The lowest BCUT2D eigenvalue weighted by molar-refractivity contribution is -0.274. The van der Waals surface area contributed by atoms with Gasteiger partial charge < -0.3 is 9.47 Å². The molecule has 3 nitrogen and oxygen atoms in total. The van der Waals surface area contributed by atoms with Crippen molar-refractivity contribution in [2.24, 2.45) is 0 Å². The van der Waals surface area contributed by atoms with Gasteiger partial charge in [0.05, 0.1) is 0 Å². The fraction of sp³-hybridized carbons (Fsp3) is 0.217. The third-order valence-electron chi connectivity index (χ3n) is 4.89. The molecule has 156 valence electrons. The number of fused-ring (bicyclic) bond motifs is 1. The summed E-state index contributed by atoms with van der Waals surface area (Å²) in [7, 11) is 0. The molecule has 30 heavy (non-hydrogen) atoms. The van der Waals surface area contributed by atoms with Gasteiger partial charge >= 0.3 is 6.36 Å². The molecule has 0 spiro atoms. The normalized spacial score (nSPS) is 14.5. The van der Waals surface area contributed by atoms with Gasteiger partial charge in [-0.25, -0.2) is 4.39 Å². The van der Waals surface area contributed by atoms with Crippen LogP contribution in [0.2, 0.25) is 0 Å². The monoisotopic (exact) mass is 417 g/mol. The number of nitrogens with zero attached hydrogens (tertiary/aromatic N) is 1. The first kappa shape index (κ1) is 20.2. The van der Waals surface area contributed by atoms with Crippen molar-refractivity contribution in [1.29, 1.82) is 0 Å². The van der Waals surface area contributed by atoms with Gasteiger partial charge in [-0.05, 0) is 41.5 Å². The summed E-state index contributed by atoms with van der Waals surface area (Å²) in [5.41, 5.74) is 3.18. The van der Waals surface area contributed by atoms with Gasteiger partial charge in [0.1, 0.15) is 23.9 Å². The van der Waals surface area contributed by atoms with Crippen LogP contribution in [0.3, 0.4) is 0 Å². The van der Waals surface area contributed by atoms with Gasteiger partial charge in [-0.15, -0.1) is 13.2 Å². The molecule has 0 radical (unpaired) electrons. The zero-order valence-corrected chi connectivity index (χ0v) is 16.0. The lowest BCUT2D eigenvalue weighted by Gasteiger charge is -2.20. The minimum Gasteiger partial charge on any atom is -0.492 e. The Morgan fingerprint density at radius 2 is 1.67 bits per heavy atom. The van der Waals surface area contributed by atoms with Crippen molar-refractivity contribution in [3.63, 3.8) is 0 Å². The summed E-state index contributed by atoms with van der Waals surface area (Å²) < 4.78 is 60.8. The highest BCUT2D eigenvalue weighted by Gasteiger charge is 2.31. The fourth-order valence-corrected chi connectivity index (χ4v) is 3.48. The van der Waals surface area contributed by atoms with Gasteiger partial charge in [0.15, 0.2) is 0 Å². The number of ether oxygens (including phenoxy) is 2. The summed E-state index contributed by atoms with van der Waals surface area (Å²) in [6.45, 7) is 2.18. The molecule has 0 amide bonds. The van der Waals surface area contributed by atoms with Gasteiger partial charge in [0, 0.05) is 30.8 Å². The lowest BCUT2D eigenvalue weighted by Crippen LogP contribution is -2.25. The molecule has 3 aromatic rings. The number of rotatable bonds is 4. The fourth-order valence-electron chi connectivity index (χ4n) is 3.48. The molecule has 1 heterocycles. The molecule has 0 bridgehead atoms. The second-order valence-electron chi connectivity index (χ2n) is 7.05. The standard InChI is InChI=1S/C23H19F4NO2/c24-21-4-2-1-3-18(21)14-28-11-12-29-22-10-7-17(13-19(22)15-28)16-5-8-20(9-6-16)30-23(25,26)27/h1-10,13H,11-12,14-15H2. The molecule has 0 saturated heterocycles. The molecule has 4 rings (SSSR count). The zero-order valence-electron chi connectivity index (χ0n) is 16.0. The van der Waals surface area contributed by atoms with Crippen LogP contribution < -0.4 is 9.47 Å². The van der Waals surface area contributed by atoms with Gasteiger partial charge in [-0.2, -0.15) is 0 Å². The maximum atomic E-state index is 14.0. The van der Waals surface area contributed by atoms with Crippen molar-refractivity contribution in [2.45, 2.75) is 19.5 Å². The average Bonchev–Trinajstić information content (AvgIpc) is 2.90. The highest BCUT2D eigenvalue weighted by Crippen LogP contribution is 2.31. The van der Waals surface area contributed by atoms with E-state index in [2.05, 4.69) is 9.64 Å². The Morgan fingerprint density at radius 3 is 2.40 bits per heavy atom. The Hall–Kier alpha value is -3.06. The number of hydrogen-bond acceptors (Lipinski definition) is 3. The molecule has 1 aliphatic heterocycles. The van der Waals surface area contributed by atoms with E-state index in [0.717, 1.165) is 22.4 Å². The first-order chi connectivity index (χ1) is 14.4. The summed E-state index contributed by atoms with van der Waals surface area (Å²) in [4.78, 5) is 2.11. The molecule has 0 saturated carbocycles. The van der Waals surface area contributed by atoms with Crippen molar-refractivity contribution < 1.29 is 27.0 Å². The van der Waals surface area contributed by atoms with E-state index in [-0.39, 0.29) is 11.6 Å². The van der Waals surface area contributed by atoms with E-state index >= 15 is 0 Å². The molecular weight excluding hydrogens is 398 g/mol. The van der Waals surface area contributed by atoms with Crippen LogP contribution in [-0.4, -0.2) is 24.4 Å². The van der Waals surface area contributed by atoms with E-state index in [1.165, 1.54) is 18.2 Å².